The van der Waals surface area contributed by atoms with E-state index in [0.717, 1.165) is 23.6 Å². The summed E-state index contributed by atoms with van der Waals surface area (Å²) in [6, 6.07) is 12.8. The Morgan fingerprint density at radius 3 is 2.78 bits per heavy atom. The largest absolute Gasteiger partial charge is 0.378 e. The number of aromatic amines is 1. The van der Waals surface area contributed by atoms with Crippen molar-refractivity contribution in [3.63, 3.8) is 0 Å². The van der Waals surface area contributed by atoms with E-state index in [-0.39, 0.29) is 11.1 Å². The lowest BCUT2D eigenvalue weighted by Crippen LogP contribution is -2.34. The van der Waals surface area contributed by atoms with Crippen LogP contribution in [0.2, 0.25) is 5.02 Å². The lowest BCUT2D eigenvalue weighted by Gasteiger charge is -2.32. The second-order valence-corrected chi connectivity index (χ2v) is 8.51. The highest BCUT2D eigenvalue weighted by molar-refractivity contribution is 6.31. The molecular formula is C23H22ClFN6O. The second-order valence-electron chi connectivity index (χ2n) is 8.10. The van der Waals surface area contributed by atoms with Gasteiger partial charge in [0.25, 0.3) is 0 Å². The van der Waals surface area contributed by atoms with Crippen molar-refractivity contribution >= 4 is 17.3 Å². The van der Waals surface area contributed by atoms with Gasteiger partial charge in [0.1, 0.15) is 5.82 Å². The molecule has 0 unspecified atom stereocenters. The number of nitrogens with zero attached hydrogens (tertiary/aromatic N) is 5. The zero-order valence-electron chi connectivity index (χ0n) is 17.7. The number of imidazole rings is 1. The van der Waals surface area contributed by atoms with Crippen molar-refractivity contribution in [2.45, 2.75) is 25.6 Å². The van der Waals surface area contributed by atoms with Crippen LogP contribution in [0.5, 0.6) is 0 Å². The normalized spacial score (nSPS) is 16.2. The number of aromatic nitrogens is 4. The molecule has 1 aliphatic heterocycles. The summed E-state index contributed by atoms with van der Waals surface area (Å²) >= 11 is 5.92. The van der Waals surface area contributed by atoms with Crippen molar-refractivity contribution < 1.29 is 8.91 Å². The maximum absolute atomic E-state index is 13.5. The lowest BCUT2D eigenvalue weighted by molar-refractivity contribution is 0.128. The first-order chi connectivity index (χ1) is 15.5. The fourth-order valence-electron chi connectivity index (χ4n) is 3.95. The van der Waals surface area contributed by atoms with Crippen molar-refractivity contribution in [3.05, 3.63) is 82.5 Å². The van der Waals surface area contributed by atoms with Crippen molar-refractivity contribution in [2.24, 2.45) is 0 Å². The van der Waals surface area contributed by atoms with Crippen LogP contribution in [0.1, 0.15) is 28.9 Å². The first-order valence-electron chi connectivity index (χ1n) is 10.3. The third-order valence-electron chi connectivity index (χ3n) is 5.74. The molecule has 164 valence electrons. The molecule has 5 rings (SSSR count). The third kappa shape index (κ3) is 3.99. The summed E-state index contributed by atoms with van der Waals surface area (Å²) in [5.41, 5.74) is 5.04. The molecule has 1 atom stereocenters. The summed E-state index contributed by atoms with van der Waals surface area (Å²) in [6.07, 6.45) is 2.37. The van der Waals surface area contributed by atoms with Gasteiger partial charge in [-0.2, -0.15) is 4.98 Å². The first-order valence-corrected chi connectivity index (χ1v) is 10.7. The average Bonchev–Trinajstić information content (AvgIpc) is 3.45. The highest BCUT2D eigenvalue weighted by Crippen LogP contribution is 2.34. The molecule has 0 radical (unpaired) electrons. The van der Waals surface area contributed by atoms with Crippen LogP contribution in [0, 0.1) is 5.82 Å². The summed E-state index contributed by atoms with van der Waals surface area (Å²) in [5, 5.41) is 4.14. The summed E-state index contributed by atoms with van der Waals surface area (Å²) in [5.74, 6) is 0.396. The molecule has 2 aromatic carbocycles. The lowest BCUT2D eigenvalue weighted by atomic mass is 10.0. The van der Waals surface area contributed by atoms with Gasteiger partial charge < -0.3 is 14.4 Å². The Morgan fingerprint density at radius 1 is 1.22 bits per heavy atom. The van der Waals surface area contributed by atoms with Gasteiger partial charge >= 0.3 is 0 Å². The van der Waals surface area contributed by atoms with Crippen LogP contribution in [0.25, 0.3) is 11.4 Å². The minimum atomic E-state index is -0.482. The van der Waals surface area contributed by atoms with Gasteiger partial charge in [0.2, 0.25) is 11.7 Å². The predicted molar refractivity (Wildman–Crippen MR) is 120 cm³/mol. The second kappa shape index (κ2) is 8.37. The van der Waals surface area contributed by atoms with Crippen LogP contribution in [0.4, 0.5) is 10.1 Å². The van der Waals surface area contributed by atoms with Crippen molar-refractivity contribution in [1.82, 2.24) is 25.0 Å². The molecule has 9 heteroatoms. The average molecular weight is 453 g/mol. The third-order valence-corrected chi connectivity index (χ3v) is 6.03. The van der Waals surface area contributed by atoms with E-state index in [4.69, 9.17) is 16.1 Å². The Hall–Kier alpha value is -3.23. The van der Waals surface area contributed by atoms with Gasteiger partial charge in [-0.1, -0.05) is 28.9 Å². The van der Waals surface area contributed by atoms with Crippen LogP contribution in [0.15, 0.2) is 53.3 Å². The summed E-state index contributed by atoms with van der Waals surface area (Å²) < 4.78 is 19.2. The summed E-state index contributed by atoms with van der Waals surface area (Å²) in [7, 11) is 4.05. The molecule has 3 heterocycles. The number of benzene rings is 2. The molecule has 0 fully saturated rings. The number of nitrogens with one attached hydrogen (secondary N) is 1. The molecule has 0 aliphatic carbocycles. The maximum atomic E-state index is 13.5. The standard InChI is InChI=1S/C23H22ClFN6O/c1-30(2)16-6-3-14(4-7-16)11-31-12-20-19(26-13-27-20)10-21(31)23-28-22(29-32-23)15-5-8-18(25)17(24)9-15/h3-9,13,21H,10-12H2,1-2H3,(H,26,27)/t21-/m0/s1. The van der Waals surface area contributed by atoms with Crippen LogP contribution >= 0.6 is 11.6 Å². The van der Waals surface area contributed by atoms with Gasteiger partial charge in [-0.25, -0.2) is 9.37 Å². The van der Waals surface area contributed by atoms with Gasteiger partial charge in [-0.05, 0) is 35.9 Å². The van der Waals surface area contributed by atoms with Gasteiger partial charge in [0, 0.05) is 44.9 Å². The molecule has 0 bridgehead atoms. The Balaban J connectivity index is 1.44. The SMILES string of the molecule is CN(C)c1ccc(CN2Cc3[nH]cnc3C[C@H]2c2nc(-c3ccc(F)c(Cl)c3)no2)cc1. The van der Waals surface area contributed by atoms with Crippen LogP contribution < -0.4 is 4.90 Å². The molecule has 1 aliphatic rings. The zero-order chi connectivity index (χ0) is 22.2. The van der Waals surface area contributed by atoms with E-state index < -0.39 is 5.82 Å². The van der Waals surface area contributed by atoms with E-state index in [1.165, 1.54) is 17.7 Å². The predicted octanol–water partition coefficient (Wildman–Crippen LogP) is 4.62. The van der Waals surface area contributed by atoms with Crippen LogP contribution in [0.3, 0.4) is 0 Å². The monoisotopic (exact) mass is 452 g/mol. The molecule has 2 aromatic heterocycles. The number of halogens is 2. The summed E-state index contributed by atoms with van der Waals surface area (Å²) in [4.78, 5) is 16.7. The fourth-order valence-corrected chi connectivity index (χ4v) is 4.13. The number of H-pyrrole nitrogens is 1. The maximum Gasteiger partial charge on any atom is 0.244 e. The fraction of sp³-hybridized carbons (Fsp3) is 0.261. The Bertz CT molecular complexity index is 1240. The van der Waals surface area contributed by atoms with E-state index in [9.17, 15) is 4.39 Å². The number of hydrogen-bond donors (Lipinski definition) is 1. The van der Waals surface area contributed by atoms with Gasteiger partial charge in [0.15, 0.2) is 0 Å². The van der Waals surface area contributed by atoms with Crippen molar-refractivity contribution in [2.75, 3.05) is 19.0 Å². The van der Waals surface area contributed by atoms with E-state index in [2.05, 4.69) is 54.2 Å². The number of fused-ring (bicyclic) bond motifs is 1. The quantitative estimate of drug-likeness (QED) is 0.476. The molecule has 0 saturated heterocycles. The zero-order valence-corrected chi connectivity index (χ0v) is 18.5. The van der Waals surface area contributed by atoms with E-state index in [1.807, 2.05) is 14.1 Å². The van der Waals surface area contributed by atoms with E-state index in [1.54, 1.807) is 12.4 Å². The molecule has 4 aromatic rings. The van der Waals surface area contributed by atoms with Crippen molar-refractivity contribution in [1.29, 1.82) is 0 Å². The minimum Gasteiger partial charge on any atom is -0.378 e. The molecule has 32 heavy (non-hydrogen) atoms. The minimum absolute atomic E-state index is 0.0236. The summed E-state index contributed by atoms with van der Waals surface area (Å²) in [6.45, 7) is 1.41. The highest BCUT2D eigenvalue weighted by atomic mass is 35.5. The topological polar surface area (TPSA) is 74.1 Å². The number of rotatable bonds is 5. The number of anilines is 1. The highest BCUT2D eigenvalue weighted by Gasteiger charge is 2.33. The van der Waals surface area contributed by atoms with Gasteiger partial charge in [-0.15, -0.1) is 0 Å². The van der Waals surface area contributed by atoms with Crippen LogP contribution in [-0.2, 0) is 19.5 Å². The van der Waals surface area contributed by atoms with Gasteiger partial charge in [-0.3, -0.25) is 4.90 Å². The smallest absolute Gasteiger partial charge is 0.244 e. The van der Waals surface area contributed by atoms with Crippen molar-refractivity contribution in [3.8, 4) is 11.4 Å². The van der Waals surface area contributed by atoms with Gasteiger partial charge in [0.05, 0.1) is 28.8 Å². The molecule has 0 amide bonds. The first kappa shape index (κ1) is 20.7. The Morgan fingerprint density at radius 2 is 2.03 bits per heavy atom. The Labute approximate surface area is 189 Å². The molecule has 0 saturated carbocycles. The van der Waals surface area contributed by atoms with E-state index in [0.29, 0.717) is 30.2 Å². The Kier molecular flexibility index (Phi) is 5.40. The molecule has 1 N–H and O–H groups in total. The molecular weight excluding hydrogens is 431 g/mol. The van der Waals surface area contributed by atoms with Crippen LogP contribution in [-0.4, -0.2) is 39.1 Å². The molecule has 7 nitrogen and oxygen atoms in total. The van der Waals surface area contributed by atoms with E-state index >= 15 is 0 Å². The molecule has 0 spiro atoms. The number of hydrogen-bond acceptors (Lipinski definition) is 6.